The molecule has 1 aromatic carbocycles. The number of pyridine rings is 1. The second-order valence-electron chi connectivity index (χ2n) is 9.46. The van der Waals surface area contributed by atoms with E-state index in [0.29, 0.717) is 35.9 Å². The van der Waals surface area contributed by atoms with Gasteiger partial charge in [0.1, 0.15) is 6.26 Å². The van der Waals surface area contributed by atoms with Crippen molar-refractivity contribution in [2.24, 2.45) is 0 Å². The lowest BCUT2D eigenvalue weighted by Crippen LogP contribution is -2.26. The summed E-state index contributed by atoms with van der Waals surface area (Å²) in [5.41, 5.74) is 4.35. The SMILES string of the molecule is Cc1cccc(-c2nc(C(=O)Nc3cc4cc(C5CCNCC5)nn4cc3C3(O)CC3)co2)c1. The number of benzene rings is 1. The quantitative estimate of drug-likeness (QED) is 0.418. The number of aromatic nitrogens is 3. The molecule has 4 heterocycles. The molecule has 0 bridgehead atoms. The van der Waals surface area contributed by atoms with Crippen LogP contribution in [0.2, 0.25) is 0 Å². The number of hydrogen-bond acceptors (Lipinski definition) is 6. The molecule has 0 radical (unpaired) electrons. The molecule has 174 valence electrons. The number of rotatable bonds is 5. The minimum atomic E-state index is -0.936. The molecule has 0 unspecified atom stereocenters. The van der Waals surface area contributed by atoms with Gasteiger partial charge in [0, 0.05) is 23.2 Å². The molecule has 2 fully saturated rings. The van der Waals surface area contributed by atoms with E-state index in [1.807, 2.05) is 48.0 Å². The number of nitrogens with zero attached hydrogens (tertiary/aromatic N) is 3. The Morgan fingerprint density at radius 1 is 1.24 bits per heavy atom. The van der Waals surface area contributed by atoms with E-state index in [9.17, 15) is 9.90 Å². The number of nitrogens with one attached hydrogen (secondary N) is 2. The van der Waals surface area contributed by atoms with Crippen molar-refractivity contribution in [3.05, 3.63) is 71.4 Å². The van der Waals surface area contributed by atoms with Crippen LogP contribution in [0.4, 0.5) is 5.69 Å². The predicted octanol–water partition coefficient (Wildman–Crippen LogP) is 4.00. The van der Waals surface area contributed by atoms with Gasteiger partial charge in [-0.1, -0.05) is 17.7 Å². The van der Waals surface area contributed by atoms with Gasteiger partial charge in [-0.25, -0.2) is 9.50 Å². The molecular formula is C26H27N5O3. The fraction of sp³-hybridized carbons (Fsp3) is 0.346. The van der Waals surface area contributed by atoms with Gasteiger partial charge in [0.05, 0.1) is 22.5 Å². The van der Waals surface area contributed by atoms with E-state index in [1.165, 1.54) is 6.26 Å². The Morgan fingerprint density at radius 2 is 2.06 bits per heavy atom. The maximum absolute atomic E-state index is 13.1. The van der Waals surface area contributed by atoms with Crippen molar-refractivity contribution in [2.75, 3.05) is 18.4 Å². The lowest BCUT2D eigenvalue weighted by molar-refractivity contribution is 0.102. The van der Waals surface area contributed by atoms with Crippen LogP contribution in [0.3, 0.4) is 0 Å². The van der Waals surface area contributed by atoms with Crippen LogP contribution in [0.5, 0.6) is 0 Å². The number of carbonyl (C=O) groups is 1. The van der Waals surface area contributed by atoms with Crippen molar-refractivity contribution < 1.29 is 14.3 Å². The normalized spacial score (nSPS) is 17.7. The van der Waals surface area contributed by atoms with Crippen LogP contribution >= 0.6 is 0 Å². The molecule has 1 saturated carbocycles. The Balaban J connectivity index is 1.31. The number of aryl methyl sites for hydroxylation is 1. The van der Waals surface area contributed by atoms with E-state index in [4.69, 9.17) is 9.52 Å². The molecule has 1 saturated heterocycles. The molecule has 4 aromatic rings. The first kappa shape index (κ1) is 21.1. The Bertz CT molecular complexity index is 1380. The average Bonchev–Trinajstić information content (AvgIpc) is 3.25. The Hall–Kier alpha value is -3.49. The summed E-state index contributed by atoms with van der Waals surface area (Å²) in [5.74, 6) is 0.435. The Labute approximate surface area is 197 Å². The van der Waals surface area contributed by atoms with Gasteiger partial charge >= 0.3 is 0 Å². The topological polar surface area (TPSA) is 105 Å². The number of piperidine rings is 1. The van der Waals surface area contributed by atoms with Crippen LogP contribution in [0.1, 0.15) is 58.9 Å². The largest absolute Gasteiger partial charge is 0.444 e. The van der Waals surface area contributed by atoms with E-state index in [1.54, 1.807) is 0 Å². The number of aliphatic hydroxyl groups is 1. The number of hydrogen-bond donors (Lipinski definition) is 3. The number of fused-ring (bicyclic) bond motifs is 1. The third-order valence-corrected chi connectivity index (χ3v) is 6.85. The highest BCUT2D eigenvalue weighted by Crippen LogP contribution is 2.48. The summed E-state index contributed by atoms with van der Waals surface area (Å²) in [4.78, 5) is 17.5. The smallest absolute Gasteiger partial charge is 0.277 e. The van der Waals surface area contributed by atoms with Crippen LogP contribution < -0.4 is 10.6 Å². The lowest BCUT2D eigenvalue weighted by atomic mass is 9.95. The predicted molar refractivity (Wildman–Crippen MR) is 128 cm³/mol. The molecule has 1 aliphatic carbocycles. The summed E-state index contributed by atoms with van der Waals surface area (Å²) in [5, 5.41) is 22.1. The zero-order chi connectivity index (χ0) is 23.3. The van der Waals surface area contributed by atoms with E-state index in [0.717, 1.165) is 48.3 Å². The second-order valence-corrected chi connectivity index (χ2v) is 9.46. The highest BCUT2D eigenvalue weighted by Gasteiger charge is 2.44. The third kappa shape index (κ3) is 3.89. The number of amides is 1. The molecule has 2 aliphatic rings. The zero-order valence-electron chi connectivity index (χ0n) is 19.0. The summed E-state index contributed by atoms with van der Waals surface area (Å²) in [6.07, 6.45) is 6.64. The van der Waals surface area contributed by atoms with Crippen LogP contribution in [0, 0.1) is 6.92 Å². The average molecular weight is 458 g/mol. The van der Waals surface area contributed by atoms with Gasteiger partial charge in [0.25, 0.3) is 5.91 Å². The fourth-order valence-corrected chi connectivity index (χ4v) is 4.71. The van der Waals surface area contributed by atoms with Crippen molar-refractivity contribution in [3.8, 4) is 11.5 Å². The molecule has 0 spiro atoms. The van der Waals surface area contributed by atoms with E-state index in [2.05, 4.69) is 21.7 Å². The zero-order valence-corrected chi connectivity index (χ0v) is 19.0. The summed E-state index contributed by atoms with van der Waals surface area (Å²) in [6, 6.07) is 11.8. The number of oxazole rings is 1. The van der Waals surface area contributed by atoms with Gasteiger partial charge < -0.3 is 20.2 Å². The number of anilines is 1. The van der Waals surface area contributed by atoms with Gasteiger partial charge in [-0.05, 0) is 70.0 Å². The molecular weight excluding hydrogens is 430 g/mol. The molecule has 0 atom stereocenters. The first-order valence-corrected chi connectivity index (χ1v) is 11.8. The maximum atomic E-state index is 13.1. The Kier molecular flexibility index (Phi) is 5.00. The van der Waals surface area contributed by atoms with Crippen molar-refractivity contribution in [1.29, 1.82) is 0 Å². The summed E-state index contributed by atoms with van der Waals surface area (Å²) >= 11 is 0. The first-order valence-electron chi connectivity index (χ1n) is 11.8. The second kappa shape index (κ2) is 8.07. The van der Waals surface area contributed by atoms with Crippen LogP contribution in [0.25, 0.3) is 17.0 Å². The highest BCUT2D eigenvalue weighted by molar-refractivity contribution is 6.03. The fourth-order valence-electron chi connectivity index (χ4n) is 4.71. The minimum Gasteiger partial charge on any atom is -0.444 e. The van der Waals surface area contributed by atoms with Gasteiger partial charge in [-0.2, -0.15) is 5.10 Å². The molecule has 1 aliphatic heterocycles. The number of carbonyl (C=O) groups excluding carboxylic acids is 1. The van der Waals surface area contributed by atoms with Crippen molar-refractivity contribution in [2.45, 2.75) is 44.1 Å². The highest BCUT2D eigenvalue weighted by atomic mass is 16.3. The molecule has 3 aromatic heterocycles. The molecule has 34 heavy (non-hydrogen) atoms. The van der Waals surface area contributed by atoms with Crippen molar-refractivity contribution in [1.82, 2.24) is 19.9 Å². The van der Waals surface area contributed by atoms with E-state index in [-0.39, 0.29) is 11.6 Å². The standard InChI is InChI=1S/C26H27N5O3/c1-16-3-2-4-18(11-16)25-29-23(15-34-25)24(32)28-22-13-19-12-21(17-5-9-27-10-6-17)30-31(19)14-20(22)26(33)7-8-26/h2-4,11-15,17,27,33H,5-10H2,1H3,(H,28,32). The molecule has 8 heteroatoms. The van der Waals surface area contributed by atoms with Gasteiger partial charge in [-0.15, -0.1) is 0 Å². The third-order valence-electron chi connectivity index (χ3n) is 6.85. The van der Waals surface area contributed by atoms with Gasteiger partial charge in [-0.3, -0.25) is 4.79 Å². The Morgan fingerprint density at radius 3 is 2.82 bits per heavy atom. The molecule has 6 rings (SSSR count). The summed E-state index contributed by atoms with van der Waals surface area (Å²) < 4.78 is 7.40. The van der Waals surface area contributed by atoms with Crippen LogP contribution in [0.15, 0.2) is 53.3 Å². The van der Waals surface area contributed by atoms with E-state index < -0.39 is 5.60 Å². The van der Waals surface area contributed by atoms with Crippen LogP contribution in [-0.4, -0.2) is 38.7 Å². The minimum absolute atomic E-state index is 0.189. The van der Waals surface area contributed by atoms with Crippen molar-refractivity contribution >= 4 is 17.1 Å². The molecule has 3 N–H and O–H groups in total. The molecule has 1 amide bonds. The van der Waals surface area contributed by atoms with Crippen molar-refractivity contribution in [3.63, 3.8) is 0 Å². The summed E-state index contributed by atoms with van der Waals surface area (Å²) in [7, 11) is 0. The maximum Gasteiger partial charge on any atom is 0.277 e. The van der Waals surface area contributed by atoms with Gasteiger partial charge in [0.2, 0.25) is 5.89 Å². The van der Waals surface area contributed by atoms with Crippen LogP contribution in [-0.2, 0) is 5.60 Å². The van der Waals surface area contributed by atoms with E-state index >= 15 is 0 Å². The molecule has 8 nitrogen and oxygen atoms in total. The first-order chi connectivity index (χ1) is 16.5. The summed E-state index contributed by atoms with van der Waals surface area (Å²) in [6.45, 7) is 3.98. The lowest BCUT2D eigenvalue weighted by Gasteiger charge is -2.20. The monoisotopic (exact) mass is 457 g/mol. The van der Waals surface area contributed by atoms with Gasteiger partial charge in [0.15, 0.2) is 5.69 Å².